The highest BCUT2D eigenvalue weighted by molar-refractivity contribution is 6.10. The average Bonchev–Trinajstić information content (AvgIpc) is 2.73. The Bertz CT molecular complexity index is 1150. The van der Waals surface area contributed by atoms with E-state index in [1.54, 1.807) is 25.4 Å². The highest BCUT2D eigenvalue weighted by Crippen LogP contribution is 2.30. The third-order valence-electron chi connectivity index (χ3n) is 4.21. The van der Waals surface area contributed by atoms with Crippen LogP contribution in [0.5, 0.6) is 0 Å². The fraction of sp³-hybridized carbons (Fsp3) is 0.100. The van der Waals surface area contributed by atoms with Crippen molar-refractivity contribution in [1.29, 1.82) is 0 Å². The van der Waals surface area contributed by atoms with Gasteiger partial charge < -0.3 is 15.4 Å². The molecular formula is C20H17N5O2. The van der Waals surface area contributed by atoms with E-state index >= 15 is 0 Å². The van der Waals surface area contributed by atoms with Crippen LogP contribution in [-0.4, -0.2) is 35.1 Å². The molecule has 0 amide bonds. The molecule has 0 radical (unpaired) electrons. The van der Waals surface area contributed by atoms with Crippen molar-refractivity contribution in [2.24, 2.45) is 0 Å². The maximum absolute atomic E-state index is 11.9. The molecular weight excluding hydrogens is 342 g/mol. The second-order valence-corrected chi connectivity index (χ2v) is 5.88. The largest absolute Gasteiger partial charge is 0.465 e. The van der Waals surface area contributed by atoms with Gasteiger partial charge >= 0.3 is 5.97 Å². The third kappa shape index (κ3) is 3.10. The van der Waals surface area contributed by atoms with E-state index in [9.17, 15) is 4.79 Å². The first kappa shape index (κ1) is 16.7. The molecule has 134 valence electrons. The molecule has 0 fully saturated rings. The van der Waals surface area contributed by atoms with Gasteiger partial charge in [0.2, 0.25) is 5.95 Å². The summed E-state index contributed by atoms with van der Waals surface area (Å²) in [5.41, 5.74) is 2.68. The zero-order chi connectivity index (χ0) is 18.8. The van der Waals surface area contributed by atoms with Gasteiger partial charge in [0, 0.05) is 29.7 Å². The minimum Gasteiger partial charge on any atom is -0.465 e. The number of carbonyl (C=O) groups excluding carboxylic acids is 1. The molecule has 7 nitrogen and oxygen atoms in total. The molecule has 0 atom stereocenters. The number of hydrogen-bond acceptors (Lipinski definition) is 7. The molecule has 0 unspecified atom stereocenters. The molecule has 0 bridgehead atoms. The number of ether oxygens (including phenoxy) is 1. The van der Waals surface area contributed by atoms with Crippen molar-refractivity contribution in [3.8, 4) is 0 Å². The van der Waals surface area contributed by atoms with E-state index < -0.39 is 5.97 Å². The van der Waals surface area contributed by atoms with Gasteiger partial charge in [0.1, 0.15) is 5.52 Å². The normalized spacial score (nSPS) is 10.7. The second kappa shape index (κ2) is 6.87. The zero-order valence-corrected chi connectivity index (χ0v) is 14.9. The van der Waals surface area contributed by atoms with Gasteiger partial charge in [-0.25, -0.2) is 19.7 Å². The molecule has 4 aromatic rings. The number of rotatable bonds is 4. The van der Waals surface area contributed by atoms with Crippen LogP contribution in [0.1, 0.15) is 10.4 Å². The first-order chi connectivity index (χ1) is 13.2. The van der Waals surface area contributed by atoms with Crippen LogP contribution in [0.2, 0.25) is 0 Å². The highest BCUT2D eigenvalue weighted by Gasteiger charge is 2.14. The Balaban J connectivity index is 1.97. The smallest absolute Gasteiger partial charge is 0.337 e. The molecule has 0 spiro atoms. The number of fused-ring (bicyclic) bond motifs is 3. The summed E-state index contributed by atoms with van der Waals surface area (Å²) in [5, 5.41) is 7.96. The van der Waals surface area contributed by atoms with Gasteiger partial charge in [0.05, 0.1) is 18.2 Å². The predicted molar refractivity (Wildman–Crippen MR) is 105 cm³/mol. The summed E-state index contributed by atoms with van der Waals surface area (Å²) in [6.45, 7) is 0. The van der Waals surface area contributed by atoms with Crippen LogP contribution in [0, 0.1) is 0 Å². The number of anilines is 3. The Kier molecular flexibility index (Phi) is 4.25. The third-order valence-corrected chi connectivity index (χ3v) is 4.21. The Labute approximate surface area is 155 Å². The number of methoxy groups -OCH3 is 1. The standard InChI is InChI=1S/C20H17N5O2/c1-21-20-22-11-15-14-9-8-12(19(26)27-2)10-16(14)24-18(17(15)25-20)23-13-6-4-3-5-7-13/h3-11H,1-2H3,(H,23,24)(H,21,22,25). The minimum atomic E-state index is -0.404. The highest BCUT2D eigenvalue weighted by atomic mass is 16.5. The van der Waals surface area contributed by atoms with Crippen molar-refractivity contribution in [1.82, 2.24) is 15.0 Å². The Morgan fingerprint density at radius 1 is 1.04 bits per heavy atom. The first-order valence-corrected chi connectivity index (χ1v) is 8.38. The van der Waals surface area contributed by atoms with E-state index in [0.29, 0.717) is 28.4 Å². The molecule has 2 heterocycles. The van der Waals surface area contributed by atoms with E-state index in [1.807, 2.05) is 36.4 Å². The van der Waals surface area contributed by atoms with E-state index in [1.165, 1.54) is 7.11 Å². The number of nitrogens with zero attached hydrogens (tertiary/aromatic N) is 3. The molecule has 7 heteroatoms. The monoisotopic (exact) mass is 359 g/mol. The SMILES string of the molecule is CNc1ncc2c(n1)c(Nc1ccccc1)nc1cc(C(=O)OC)ccc12. The van der Waals surface area contributed by atoms with Crippen LogP contribution >= 0.6 is 0 Å². The quantitative estimate of drug-likeness (QED) is 0.424. The first-order valence-electron chi connectivity index (χ1n) is 8.38. The van der Waals surface area contributed by atoms with Crippen molar-refractivity contribution in [2.75, 3.05) is 24.8 Å². The predicted octanol–water partition coefficient (Wildman–Crippen LogP) is 3.75. The summed E-state index contributed by atoms with van der Waals surface area (Å²) in [7, 11) is 3.12. The molecule has 0 saturated carbocycles. The number of nitrogens with one attached hydrogen (secondary N) is 2. The van der Waals surface area contributed by atoms with Gasteiger partial charge in [0.15, 0.2) is 5.82 Å². The van der Waals surface area contributed by atoms with Gasteiger partial charge in [-0.1, -0.05) is 24.3 Å². The van der Waals surface area contributed by atoms with E-state index in [4.69, 9.17) is 9.72 Å². The van der Waals surface area contributed by atoms with Crippen molar-refractivity contribution in [3.05, 3.63) is 60.3 Å². The van der Waals surface area contributed by atoms with E-state index in [2.05, 4.69) is 20.6 Å². The lowest BCUT2D eigenvalue weighted by atomic mass is 10.1. The fourth-order valence-electron chi connectivity index (χ4n) is 2.90. The lowest BCUT2D eigenvalue weighted by molar-refractivity contribution is 0.0601. The van der Waals surface area contributed by atoms with E-state index in [-0.39, 0.29) is 0 Å². The number of pyridine rings is 1. The summed E-state index contributed by atoms with van der Waals surface area (Å²) in [6.07, 6.45) is 1.76. The minimum absolute atomic E-state index is 0.404. The molecule has 2 aromatic heterocycles. The van der Waals surface area contributed by atoms with Crippen LogP contribution in [0.25, 0.3) is 21.8 Å². The zero-order valence-electron chi connectivity index (χ0n) is 14.9. The fourth-order valence-corrected chi connectivity index (χ4v) is 2.90. The summed E-state index contributed by atoms with van der Waals surface area (Å²) < 4.78 is 4.81. The van der Waals surface area contributed by atoms with Gasteiger partial charge in [-0.2, -0.15) is 0 Å². The second-order valence-electron chi connectivity index (χ2n) is 5.88. The topological polar surface area (TPSA) is 89.0 Å². The number of esters is 1. The molecule has 0 saturated heterocycles. The Morgan fingerprint density at radius 2 is 1.85 bits per heavy atom. The summed E-state index contributed by atoms with van der Waals surface area (Å²) in [6, 6.07) is 15.0. The van der Waals surface area contributed by atoms with Crippen molar-refractivity contribution in [3.63, 3.8) is 0 Å². The van der Waals surface area contributed by atoms with Crippen LogP contribution < -0.4 is 10.6 Å². The van der Waals surface area contributed by atoms with Gasteiger partial charge in [-0.05, 0) is 24.3 Å². The average molecular weight is 359 g/mol. The van der Waals surface area contributed by atoms with Crippen LogP contribution in [0.15, 0.2) is 54.7 Å². The summed E-state index contributed by atoms with van der Waals surface area (Å²) >= 11 is 0. The van der Waals surface area contributed by atoms with Gasteiger partial charge in [-0.3, -0.25) is 0 Å². The van der Waals surface area contributed by atoms with Crippen molar-refractivity contribution < 1.29 is 9.53 Å². The lowest BCUT2D eigenvalue weighted by Crippen LogP contribution is -2.03. The van der Waals surface area contributed by atoms with Crippen molar-refractivity contribution >= 4 is 45.2 Å². The number of benzene rings is 2. The number of carbonyl (C=O) groups is 1. The van der Waals surface area contributed by atoms with Crippen molar-refractivity contribution in [2.45, 2.75) is 0 Å². The van der Waals surface area contributed by atoms with Gasteiger partial charge in [-0.15, -0.1) is 0 Å². The summed E-state index contributed by atoms with van der Waals surface area (Å²) in [4.78, 5) is 25.5. The molecule has 4 rings (SSSR count). The molecule has 0 aliphatic heterocycles. The van der Waals surface area contributed by atoms with Crippen LogP contribution in [-0.2, 0) is 4.74 Å². The maximum Gasteiger partial charge on any atom is 0.337 e. The molecule has 2 N–H and O–H groups in total. The Morgan fingerprint density at radius 3 is 2.59 bits per heavy atom. The number of hydrogen-bond donors (Lipinski definition) is 2. The Hall–Kier alpha value is -3.74. The number of aromatic nitrogens is 3. The van der Waals surface area contributed by atoms with Crippen LogP contribution in [0.3, 0.4) is 0 Å². The lowest BCUT2D eigenvalue weighted by Gasteiger charge is -2.12. The molecule has 2 aromatic carbocycles. The van der Waals surface area contributed by atoms with E-state index in [0.717, 1.165) is 16.5 Å². The summed E-state index contributed by atoms with van der Waals surface area (Å²) in [5.74, 6) is 0.689. The molecule has 0 aliphatic carbocycles. The number of para-hydroxylation sites is 1. The molecule has 0 aliphatic rings. The maximum atomic E-state index is 11.9. The molecule has 27 heavy (non-hydrogen) atoms. The van der Waals surface area contributed by atoms with Crippen LogP contribution in [0.4, 0.5) is 17.5 Å². The van der Waals surface area contributed by atoms with Gasteiger partial charge in [0.25, 0.3) is 0 Å².